The van der Waals surface area contributed by atoms with Crippen molar-refractivity contribution in [3.05, 3.63) is 0 Å². The van der Waals surface area contributed by atoms with Crippen molar-refractivity contribution in [3.63, 3.8) is 0 Å². The average molecular weight is 166 g/mol. The second-order valence-electron chi connectivity index (χ2n) is 1.83. The quantitative estimate of drug-likeness (QED) is 0.570. The van der Waals surface area contributed by atoms with Gasteiger partial charge in [0.05, 0.1) is 12.5 Å². The van der Waals surface area contributed by atoms with Crippen molar-refractivity contribution in [2.45, 2.75) is 12.5 Å². The molecule has 10 heavy (non-hydrogen) atoms. The first-order valence-electron chi connectivity index (χ1n) is 4.79. The molecule has 0 saturated carbocycles. The summed E-state index contributed by atoms with van der Waals surface area (Å²) in [7, 11) is 0. The largest absolute Gasteiger partial charge is 0.314 e. The Morgan fingerprint density at radius 2 is 2.50 bits per heavy atom. The molecule has 1 rings (SSSR count). The first-order valence-corrected chi connectivity index (χ1v) is 2.79. The molecule has 3 nitrogen and oxygen atoms in total. The van der Waals surface area contributed by atoms with Crippen LogP contribution in [0.2, 0.25) is 0 Å². The second kappa shape index (κ2) is 5.48. The number of hydrogen-bond donors (Lipinski definition) is 2. The Morgan fingerprint density at radius 3 is 3.10 bits per heavy atom. The predicted molar refractivity (Wildman–Crippen MR) is 42.1 cm³/mol. The highest BCUT2D eigenvalue weighted by Gasteiger charge is 2.09. The van der Waals surface area contributed by atoms with Crippen LogP contribution in [0.5, 0.6) is 0 Å². The molecule has 0 radical (unpaired) electrons. The zero-order valence-electron chi connectivity index (χ0n) is 9.35. The topological polar surface area (TPSA) is 47.9 Å². The summed E-state index contributed by atoms with van der Waals surface area (Å²) in [5.74, 6) is 0. The van der Waals surface area contributed by atoms with Crippen LogP contribution in [0.3, 0.4) is 0 Å². The lowest BCUT2D eigenvalue weighted by Gasteiger charge is -2.21. The van der Waals surface area contributed by atoms with E-state index >= 15 is 0 Å². The molecule has 1 fully saturated rings. The summed E-state index contributed by atoms with van der Waals surface area (Å²) >= 11 is 0. The molecule has 0 spiro atoms. The molecule has 1 saturated heterocycles. The Bertz CT molecular complexity index is 240. The third-order valence-electron chi connectivity index (χ3n) is 1.11. The van der Waals surface area contributed by atoms with E-state index in [1.807, 2.05) is 6.07 Å². The molecule has 0 bridgehead atoms. The normalized spacial score (nSPS) is 40.5. The van der Waals surface area contributed by atoms with Gasteiger partial charge in [0.25, 0.3) is 0 Å². The molecule has 4 heteroatoms. The number of nitriles is 1. The SMILES string of the molecule is Cl.[2H]C1([2H])NCC(CC#N)NC1([2H])[2H]. The Balaban J connectivity index is 0.00000169. The number of nitrogens with one attached hydrogen (secondary N) is 2. The average Bonchev–Trinajstić information content (AvgIpc) is 1.98. The number of hydrogen-bond acceptors (Lipinski definition) is 3. The van der Waals surface area contributed by atoms with E-state index in [1.165, 1.54) is 0 Å². The lowest BCUT2D eigenvalue weighted by atomic mass is 10.2. The minimum atomic E-state index is -2.13. The van der Waals surface area contributed by atoms with E-state index in [0.29, 0.717) is 0 Å². The number of nitrogens with zero attached hydrogens (tertiary/aromatic N) is 1. The molecule has 0 amide bonds. The lowest BCUT2D eigenvalue weighted by molar-refractivity contribution is 0.423. The van der Waals surface area contributed by atoms with Gasteiger partial charge in [-0.15, -0.1) is 12.4 Å². The van der Waals surface area contributed by atoms with Gasteiger partial charge in [-0.1, -0.05) is 0 Å². The number of piperazine rings is 1. The molecule has 0 aromatic carbocycles. The smallest absolute Gasteiger partial charge is 0.0638 e. The van der Waals surface area contributed by atoms with Crippen molar-refractivity contribution in [1.82, 2.24) is 10.6 Å². The predicted octanol–water partition coefficient (Wildman–Crippen LogP) is -0.117. The van der Waals surface area contributed by atoms with Crippen LogP contribution in [-0.2, 0) is 0 Å². The summed E-state index contributed by atoms with van der Waals surface area (Å²) < 4.78 is 29.3. The molecule has 0 aliphatic carbocycles. The molecule has 1 atom stereocenters. The van der Waals surface area contributed by atoms with Crippen molar-refractivity contribution < 1.29 is 5.48 Å². The van der Waals surface area contributed by atoms with Crippen LogP contribution in [0.1, 0.15) is 11.9 Å². The van der Waals surface area contributed by atoms with Gasteiger partial charge in [0.2, 0.25) is 0 Å². The molecule has 0 aromatic heterocycles. The maximum absolute atomic E-state index is 8.38. The van der Waals surface area contributed by atoms with Gasteiger partial charge in [-0.2, -0.15) is 5.26 Å². The Kier molecular flexibility index (Phi) is 2.50. The lowest BCUT2D eigenvalue weighted by Crippen LogP contribution is -2.47. The Labute approximate surface area is 72.8 Å². The van der Waals surface area contributed by atoms with Crippen LogP contribution < -0.4 is 10.6 Å². The summed E-state index contributed by atoms with van der Waals surface area (Å²) in [5.41, 5.74) is 0. The van der Waals surface area contributed by atoms with Crippen molar-refractivity contribution in [1.29, 1.82) is 5.26 Å². The zero-order valence-corrected chi connectivity index (χ0v) is 6.16. The van der Waals surface area contributed by atoms with Gasteiger partial charge in [0.15, 0.2) is 0 Å². The van der Waals surface area contributed by atoms with Gasteiger partial charge in [-0.3, -0.25) is 0 Å². The summed E-state index contributed by atoms with van der Waals surface area (Å²) in [6.45, 7) is -3.95. The minimum absolute atomic E-state index is 0. The van der Waals surface area contributed by atoms with Gasteiger partial charge in [-0.05, 0) is 0 Å². The molecule has 58 valence electrons. The van der Waals surface area contributed by atoms with Crippen molar-refractivity contribution >= 4 is 12.4 Å². The first-order chi connectivity index (χ1) is 5.89. The molecule has 1 heterocycles. The van der Waals surface area contributed by atoms with Crippen LogP contribution in [-0.4, -0.2) is 25.6 Å². The molecule has 1 aliphatic rings. The van der Waals surface area contributed by atoms with Crippen LogP contribution in [0.15, 0.2) is 0 Å². The van der Waals surface area contributed by atoms with E-state index in [0.717, 1.165) is 0 Å². The third-order valence-corrected chi connectivity index (χ3v) is 1.11. The zero-order chi connectivity index (χ0) is 10.1. The maximum atomic E-state index is 8.38. The summed E-state index contributed by atoms with van der Waals surface area (Å²) in [4.78, 5) is 0. The van der Waals surface area contributed by atoms with E-state index < -0.39 is 13.0 Å². The Morgan fingerprint density at radius 1 is 1.70 bits per heavy atom. The molecule has 0 aromatic rings. The highest BCUT2D eigenvalue weighted by atomic mass is 35.5. The summed E-state index contributed by atoms with van der Waals surface area (Å²) in [6.07, 6.45) is 0.169. The van der Waals surface area contributed by atoms with Gasteiger partial charge in [-0.25, -0.2) is 0 Å². The fourth-order valence-electron chi connectivity index (χ4n) is 0.641. The number of halogens is 1. The van der Waals surface area contributed by atoms with Crippen LogP contribution in [0.25, 0.3) is 0 Å². The van der Waals surface area contributed by atoms with Crippen molar-refractivity contribution in [2.24, 2.45) is 0 Å². The van der Waals surface area contributed by atoms with E-state index in [2.05, 4.69) is 10.6 Å². The first kappa shape index (κ1) is 4.55. The van der Waals surface area contributed by atoms with E-state index in [9.17, 15) is 0 Å². The van der Waals surface area contributed by atoms with Gasteiger partial charge in [0, 0.05) is 31.1 Å². The highest BCUT2D eigenvalue weighted by Crippen LogP contribution is 1.90. The van der Waals surface area contributed by atoms with Crippen LogP contribution in [0.4, 0.5) is 0 Å². The molecule has 1 aliphatic heterocycles. The monoisotopic (exact) mass is 165 g/mol. The van der Waals surface area contributed by atoms with Gasteiger partial charge in [0.1, 0.15) is 0 Å². The molecule has 1 unspecified atom stereocenters. The fourth-order valence-corrected chi connectivity index (χ4v) is 0.641. The van der Waals surface area contributed by atoms with Crippen LogP contribution >= 0.6 is 12.4 Å². The van der Waals surface area contributed by atoms with Crippen molar-refractivity contribution in [2.75, 3.05) is 19.5 Å². The second-order valence-corrected chi connectivity index (χ2v) is 1.83. The van der Waals surface area contributed by atoms with Crippen LogP contribution in [0, 0.1) is 11.3 Å². The molecular formula is C6H12ClN3. The number of rotatable bonds is 1. The van der Waals surface area contributed by atoms with E-state index in [-0.39, 0.29) is 31.4 Å². The standard InChI is InChI=1S/C6H11N3.ClH/c7-2-1-6-5-8-3-4-9-6;/h6,8-9H,1,3-5H2;1H/i3D2,4D2;. The Hall–Kier alpha value is -0.300. The molecule has 2 N–H and O–H groups in total. The van der Waals surface area contributed by atoms with E-state index in [1.54, 1.807) is 0 Å². The van der Waals surface area contributed by atoms with Gasteiger partial charge < -0.3 is 10.6 Å². The third kappa shape index (κ3) is 3.02. The summed E-state index contributed by atoms with van der Waals surface area (Å²) in [6, 6.07) is 1.58. The van der Waals surface area contributed by atoms with E-state index in [4.69, 9.17) is 10.7 Å². The highest BCUT2D eigenvalue weighted by molar-refractivity contribution is 5.85. The maximum Gasteiger partial charge on any atom is 0.0638 e. The summed E-state index contributed by atoms with van der Waals surface area (Å²) in [5, 5.41) is 13.3. The van der Waals surface area contributed by atoms with Gasteiger partial charge >= 0.3 is 0 Å². The molecular weight excluding hydrogens is 150 g/mol. The van der Waals surface area contributed by atoms with Crippen molar-refractivity contribution in [3.8, 4) is 6.07 Å². The minimum Gasteiger partial charge on any atom is -0.314 e. The fraction of sp³-hybridized carbons (Fsp3) is 0.833.